The van der Waals surface area contributed by atoms with Crippen LogP contribution in [-0.4, -0.2) is 27.5 Å². The number of halogens is 1. The number of nitrogens with zero attached hydrogens (tertiary/aromatic N) is 3. The molecule has 1 saturated heterocycles. The maximum Gasteiger partial charge on any atom is 0.293 e. The Balaban J connectivity index is 1.49. The van der Waals surface area contributed by atoms with Crippen LogP contribution in [0.1, 0.15) is 72.1 Å². The van der Waals surface area contributed by atoms with E-state index in [0.29, 0.717) is 23.9 Å². The summed E-state index contributed by atoms with van der Waals surface area (Å²) in [7, 11) is 0. The molecule has 6 nitrogen and oxygen atoms in total. The van der Waals surface area contributed by atoms with Gasteiger partial charge in [-0.25, -0.2) is 4.98 Å². The molecule has 28 heavy (non-hydrogen) atoms. The molecule has 1 aromatic carbocycles. The van der Waals surface area contributed by atoms with E-state index in [1.54, 1.807) is 17.2 Å². The number of benzene rings is 1. The minimum Gasteiger partial charge on any atom is -0.443 e. The minimum absolute atomic E-state index is 0.167. The summed E-state index contributed by atoms with van der Waals surface area (Å²) in [5, 5.41) is 4.70. The fourth-order valence-electron chi connectivity index (χ4n) is 3.43. The van der Waals surface area contributed by atoms with Crippen molar-refractivity contribution in [2.75, 3.05) is 6.54 Å². The predicted molar refractivity (Wildman–Crippen MR) is 104 cm³/mol. The summed E-state index contributed by atoms with van der Waals surface area (Å²) in [6.07, 6.45) is 4.08. The minimum atomic E-state index is -0.181. The van der Waals surface area contributed by atoms with Crippen LogP contribution in [0, 0.1) is 0 Å². The molecule has 1 fully saturated rings. The molecule has 7 heteroatoms. The maximum atomic E-state index is 12.9. The molecule has 3 heterocycles. The summed E-state index contributed by atoms with van der Waals surface area (Å²) < 4.78 is 11.3. The van der Waals surface area contributed by atoms with Crippen molar-refractivity contribution in [2.24, 2.45) is 0 Å². The quantitative estimate of drug-likeness (QED) is 0.603. The fraction of sp³-hybridized carbons (Fsp3) is 0.381. The molecule has 1 amide bonds. The van der Waals surface area contributed by atoms with Crippen molar-refractivity contribution in [2.45, 2.75) is 45.1 Å². The number of oxazole rings is 1. The van der Waals surface area contributed by atoms with Gasteiger partial charge in [-0.15, -0.1) is 0 Å². The molecule has 146 valence electrons. The van der Waals surface area contributed by atoms with Crippen LogP contribution in [-0.2, 0) is 6.42 Å². The Kier molecular flexibility index (Phi) is 5.22. The first-order chi connectivity index (χ1) is 13.5. The lowest BCUT2D eigenvalue weighted by atomic mass is 10.1. The average Bonchev–Trinajstić information content (AvgIpc) is 3.43. The maximum absolute atomic E-state index is 12.9. The summed E-state index contributed by atoms with van der Waals surface area (Å²) in [6.45, 7) is 4.68. The highest BCUT2D eigenvalue weighted by Crippen LogP contribution is 2.33. The third-order valence-electron chi connectivity index (χ3n) is 4.99. The van der Waals surface area contributed by atoms with Crippen molar-refractivity contribution >= 4 is 17.5 Å². The second kappa shape index (κ2) is 7.80. The van der Waals surface area contributed by atoms with Gasteiger partial charge in [0.15, 0.2) is 0 Å². The molecule has 0 radical (unpaired) electrons. The molecular weight excluding hydrogens is 378 g/mol. The zero-order valence-electron chi connectivity index (χ0n) is 15.9. The van der Waals surface area contributed by atoms with Gasteiger partial charge in [0, 0.05) is 24.1 Å². The predicted octanol–water partition coefficient (Wildman–Crippen LogP) is 5.01. The molecule has 1 aliphatic heterocycles. The van der Waals surface area contributed by atoms with Crippen molar-refractivity contribution in [3.05, 3.63) is 70.2 Å². The Labute approximate surface area is 168 Å². The van der Waals surface area contributed by atoms with Gasteiger partial charge >= 0.3 is 0 Å². The zero-order chi connectivity index (χ0) is 19.7. The Morgan fingerprint density at radius 3 is 2.82 bits per heavy atom. The Morgan fingerprint density at radius 1 is 1.32 bits per heavy atom. The number of carbonyl (C=O) groups excluding carboxylic acids is 1. The lowest BCUT2D eigenvalue weighted by molar-refractivity contribution is 0.0672. The van der Waals surface area contributed by atoms with Crippen molar-refractivity contribution in [3.63, 3.8) is 0 Å². The van der Waals surface area contributed by atoms with Crippen molar-refractivity contribution in [1.29, 1.82) is 0 Å². The molecule has 1 atom stereocenters. The SMILES string of the molecule is CC(C)c1cc(C(=O)N2CCCC2c2ncc(Cc3ccc(Cl)cc3)o2)on1. The average molecular weight is 400 g/mol. The van der Waals surface area contributed by atoms with Gasteiger partial charge in [-0.3, -0.25) is 4.79 Å². The highest BCUT2D eigenvalue weighted by atomic mass is 35.5. The Morgan fingerprint density at radius 2 is 2.11 bits per heavy atom. The van der Waals surface area contributed by atoms with E-state index < -0.39 is 0 Å². The smallest absolute Gasteiger partial charge is 0.293 e. The van der Waals surface area contributed by atoms with E-state index in [1.807, 2.05) is 38.1 Å². The summed E-state index contributed by atoms with van der Waals surface area (Å²) in [4.78, 5) is 19.1. The van der Waals surface area contributed by atoms with Gasteiger partial charge in [0.05, 0.1) is 11.9 Å². The van der Waals surface area contributed by atoms with Gasteiger partial charge in [-0.1, -0.05) is 42.7 Å². The fourth-order valence-corrected chi connectivity index (χ4v) is 3.56. The normalized spacial score (nSPS) is 16.9. The van der Waals surface area contributed by atoms with Crippen LogP contribution in [0.3, 0.4) is 0 Å². The first kappa shape index (κ1) is 18.7. The molecule has 4 rings (SSSR count). The highest BCUT2D eigenvalue weighted by molar-refractivity contribution is 6.30. The molecule has 0 saturated carbocycles. The number of carbonyl (C=O) groups is 1. The van der Waals surface area contributed by atoms with Crippen molar-refractivity contribution in [1.82, 2.24) is 15.0 Å². The Bertz CT molecular complexity index is 961. The van der Waals surface area contributed by atoms with Gasteiger partial charge in [-0.05, 0) is 36.5 Å². The van der Waals surface area contributed by atoms with Gasteiger partial charge in [0.2, 0.25) is 11.7 Å². The van der Waals surface area contributed by atoms with E-state index in [1.165, 1.54) is 0 Å². The summed E-state index contributed by atoms with van der Waals surface area (Å²) >= 11 is 5.93. The van der Waals surface area contributed by atoms with Gasteiger partial charge in [0.25, 0.3) is 5.91 Å². The van der Waals surface area contributed by atoms with Gasteiger partial charge in [-0.2, -0.15) is 0 Å². The number of rotatable bonds is 5. The van der Waals surface area contributed by atoms with E-state index >= 15 is 0 Å². The van der Waals surface area contributed by atoms with Crippen LogP contribution < -0.4 is 0 Å². The molecule has 0 spiro atoms. The zero-order valence-corrected chi connectivity index (χ0v) is 16.6. The topological polar surface area (TPSA) is 72.4 Å². The molecule has 2 aromatic heterocycles. The first-order valence-corrected chi connectivity index (χ1v) is 9.85. The number of hydrogen-bond donors (Lipinski definition) is 0. The van der Waals surface area contributed by atoms with Crippen LogP contribution in [0.2, 0.25) is 5.02 Å². The second-order valence-corrected chi connectivity index (χ2v) is 7.83. The summed E-state index contributed by atoms with van der Waals surface area (Å²) in [5.74, 6) is 1.64. The molecular formula is C21H22ClN3O3. The lowest BCUT2D eigenvalue weighted by Crippen LogP contribution is -2.30. The number of likely N-dealkylation sites (tertiary alicyclic amines) is 1. The third-order valence-corrected chi connectivity index (χ3v) is 5.24. The van der Waals surface area contributed by atoms with Crippen molar-refractivity contribution < 1.29 is 13.7 Å². The molecule has 0 aliphatic carbocycles. The Hall–Kier alpha value is -2.60. The van der Waals surface area contributed by atoms with Gasteiger partial charge < -0.3 is 13.8 Å². The van der Waals surface area contributed by atoms with E-state index in [4.69, 9.17) is 20.5 Å². The van der Waals surface area contributed by atoms with Gasteiger partial charge in [0.1, 0.15) is 11.8 Å². The number of amides is 1. The van der Waals surface area contributed by atoms with Crippen LogP contribution in [0.15, 0.2) is 45.5 Å². The van der Waals surface area contributed by atoms with Crippen LogP contribution in [0.5, 0.6) is 0 Å². The van der Waals surface area contributed by atoms with E-state index in [0.717, 1.165) is 29.9 Å². The third kappa shape index (κ3) is 3.83. The highest BCUT2D eigenvalue weighted by Gasteiger charge is 2.35. The van der Waals surface area contributed by atoms with E-state index in [9.17, 15) is 4.79 Å². The van der Waals surface area contributed by atoms with E-state index in [2.05, 4.69) is 10.1 Å². The monoisotopic (exact) mass is 399 g/mol. The molecule has 0 bridgehead atoms. The molecule has 1 aliphatic rings. The second-order valence-electron chi connectivity index (χ2n) is 7.40. The first-order valence-electron chi connectivity index (χ1n) is 9.48. The van der Waals surface area contributed by atoms with E-state index in [-0.39, 0.29) is 23.6 Å². The largest absolute Gasteiger partial charge is 0.443 e. The van der Waals surface area contributed by atoms with Crippen LogP contribution in [0.25, 0.3) is 0 Å². The molecule has 1 unspecified atom stereocenters. The summed E-state index contributed by atoms with van der Waals surface area (Å²) in [6, 6.07) is 9.18. The lowest BCUT2D eigenvalue weighted by Gasteiger charge is -2.20. The number of aromatic nitrogens is 2. The van der Waals surface area contributed by atoms with Crippen molar-refractivity contribution in [3.8, 4) is 0 Å². The van der Waals surface area contributed by atoms with Crippen LogP contribution in [0.4, 0.5) is 0 Å². The van der Waals surface area contributed by atoms with Crippen LogP contribution >= 0.6 is 11.6 Å². The standard InChI is InChI=1S/C21H22ClN3O3/c1-13(2)17-11-19(28-24-17)21(26)25-9-3-4-18(25)20-23-12-16(27-20)10-14-5-7-15(22)8-6-14/h5-8,11-13,18H,3-4,9-10H2,1-2H3. The molecule has 3 aromatic rings. The summed E-state index contributed by atoms with van der Waals surface area (Å²) in [5.41, 5.74) is 1.87. The number of hydrogen-bond acceptors (Lipinski definition) is 5. The molecule has 0 N–H and O–H groups in total.